The quantitative estimate of drug-likeness (QED) is 0.860. The molecule has 1 unspecified atom stereocenters. The molecule has 0 radical (unpaired) electrons. The molecule has 0 aliphatic rings. The van der Waals surface area contributed by atoms with Crippen molar-refractivity contribution in [1.29, 1.82) is 0 Å². The minimum Gasteiger partial charge on any atom is -0.310 e. The van der Waals surface area contributed by atoms with E-state index in [4.69, 9.17) is 0 Å². The van der Waals surface area contributed by atoms with Gasteiger partial charge in [0.2, 0.25) is 0 Å². The van der Waals surface area contributed by atoms with Crippen LogP contribution < -0.4 is 5.32 Å². The van der Waals surface area contributed by atoms with Gasteiger partial charge >= 0.3 is 0 Å². The predicted molar refractivity (Wildman–Crippen MR) is 92.7 cm³/mol. The Morgan fingerprint density at radius 1 is 1.05 bits per heavy atom. The van der Waals surface area contributed by atoms with Gasteiger partial charge in [-0.05, 0) is 48.8 Å². The van der Waals surface area contributed by atoms with E-state index in [1.165, 1.54) is 16.3 Å². The van der Waals surface area contributed by atoms with E-state index in [2.05, 4.69) is 87.5 Å². The lowest BCUT2D eigenvalue weighted by molar-refractivity contribution is 0.227. The first-order valence-corrected chi connectivity index (χ1v) is 7.74. The number of benzene rings is 2. The zero-order valence-corrected chi connectivity index (χ0v) is 14.0. The maximum Gasteiger partial charge on any atom is 0.0292 e. The molecular weight excluding hydrogens is 256 g/mol. The topological polar surface area (TPSA) is 15.3 Å². The first-order chi connectivity index (χ1) is 9.87. The maximum absolute atomic E-state index is 3.68. The van der Waals surface area contributed by atoms with Gasteiger partial charge in [-0.3, -0.25) is 0 Å². The van der Waals surface area contributed by atoms with Gasteiger partial charge in [0.15, 0.2) is 0 Å². The van der Waals surface area contributed by atoms with Crippen LogP contribution in [0, 0.1) is 5.41 Å². The molecule has 0 aliphatic heterocycles. The van der Waals surface area contributed by atoms with Crippen LogP contribution in [0.5, 0.6) is 0 Å². The molecule has 0 saturated heterocycles. The zero-order chi connectivity index (χ0) is 15.5. The highest BCUT2D eigenvalue weighted by atomic mass is 15.1. The SMILES string of the molecule is CC(NCC(C)(C)CN(C)C)c1ccc2ccccc2c1. The van der Waals surface area contributed by atoms with Crippen LogP contribution in [-0.4, -0.2) is 32.1 Å². The van der Waals surface area contributed by atoms with Crippen molar-refractivity contribution in [3.63, 3.8) is 0 Å². The van der Waals surface area contributed by atoms with E-state index in [9.17, 15) is 0 Å². The molecule has 2 rings (SSSR count). The molecule has 2 aromatic rings. The van der Waals surface area contributed by atoms with Crippen LogP contribution in [0.3, 0.4) is 0 Å². The van der Waals surface area contributed by atoms with Crippen molar-refractivity contribution in [3.05, 3.63) is 48.0 Å². The van der Waals surface area contributed by atoms with Crippen LogP contribution in [0.15, 0.2) is 42.5 Å². The molecule has 1 N–H and O–H groups in total. The lowest BCUT2D eigenvalue weighted by atomic mass is 9.92. The van der Waals surface area contributed by atoms with E-state index in [1.54, 1.807) is 0 Å². The Balaban J connectivity index is 2.03. The molecule has 114 valence electrons. The monoisotopic (exact) mass is 284 g/mol. The molecule has 0 heterocycles. The smallest absolute Gasteiger partial charge is 0.0292 e. The van der Waals surface area contributed by atoms with Gasteiger partial charge < -0.3 is 10.2 Å². The molecule has 2 heteroatoms. The Bertz CT molecular complexity index is 587. The summed E-state index contributed by atoms with van der Waals surface area (Å²) in [5.74, 6) is 0. The van der Waals surface area contributed by atoms with Crippen molar-refractivity contribution in [2.24, 2.45) is 5.41 Å². The number of hydrogen-bond acceptors (Lipinski definition) is 2. The maximum atomic E-state index is 3.68. The molecule has 0 spiro atoms. The minimum absolute atomic E-state index is 0.272. The van der Waals surface area contributed by atoms with Crippen molar-refractivity contribution in [2.45, 2.75) is 26.8 Å². The van der Waals surface area contributed by atoms with Crippen LogP contribution in [-0.2, 0) is 0 Å². The number of rotatable bonds is 6. The molecule has 0 aliphatic carbocycles. The Hall–Kier alpha value is -1.38. The van der Waals surface area contributed by atoms with Crippen LogP contribution in [0.1, 0.15) is 32.4 Å². The van der Waals surface area contributed by atoms with E-state index in [0.717, 1.165) is 13.1 Å². The van der Waals surface area contributed by atoms with Crippen LogP contribution in [0.25, 0.3) is 10.8 Å². The van der Waals surface area contributed by atoms with Gasteiger partial charge in [0, 0.05) is 19.1 Å². The molecule has 2 nitrogen and oxygen atoms in total. The average molecular weight is 284 g/mol. The first-order valence-electron chi connectivity index (χ1n) is 7.74. The standard InChI is InChI=1S/C19H28N2/c1-15(20-13-19(2,3)14-21(4)5)17-11-10-16-8-6-7-9-18(16)12-17/h6-12,15,20H,13-14H2,1-5H3. The second-order valence-electron chi connectivity index (χ2n) is 7.11. The highest BCUT2D eigenvalue weighted by Crippen LogP contribution is 2.22. The Morgan fingerprint density at radius 2 is 1.71 bits per heavy atom. The Labute approximate surface area is 129 Å². The summed E-state index contributed by atoms with van der Waals surface area (Å²) in [5.41, 5.74) is 1.63. The number of nitrogens with one attached hydrogen (secondary N) is 1. The van der Waals surface area contributed by atoms with Crippen molar-refractivity contribution >= 4 is 10.8 Å². The van der Waals surface area contributed by atoms with Gasteiger partial charge in [-0.15, -0.1) is 0 Å². The summed E-state index contributed by atoms with van der Waals surface area (Å²) in [7, 11) is 4.27. The van der Waals surface area contributed by atoms with Crippen LogP contribution in [0.4, 0.5) is 0 Å². The van der Waals surface area contributed by atoms with E-state index in [-0.39, 0.29) is 5.41 Å². The van der Waals surface area contributed by atoms with E-state index in [0.29, 0.717) is 6.04 Å². The van der Waals surface area contributed by atoms with Gasteiger partial charge in [0.05, 0.1) is 0 Å². The fourth-order valence-electron chi connectivity index (χ4n) is 2.94. The van der Waals surface area contributed by atoms with Gasteiger partial charge in [0.25, 0.3) is 0 Å². The summed E-state index contributed by atoms with van der Waals surface area (Å²) in [6, 6.07) is 15.7. The molecule has 2 aromatic carbocycles. The van der Waals surface area contributed by atoms with E-state index >= 15 is 0 Å². The molecule has 0 amide bonds. The fourth-order valence-corrected chi connectivity index (χ4v) is 2.94. The first kappa shape index (κ1) is 16.0. The summed E-state index contributed by atoms with van der Waals surface area (Å²) >= 11 is 0. The lowest BCUT2D eigenvalue weighted by Crippen LogP contribution is -2.38. The van der Waals surface area contributed by atoms with Gasteiger partial charge in [-0.25, -0.2) is 0 Å². The van der Waals surface area contributed by atoms with Crippen molar-refractivity contribution < 1.29 is 0 Å². The Kier molecular flexibility index (Phi) is 5.02. The Morgan fingerprint density at radius 3 is 2.38 bits per heavy atom. The minimum atomic E-state index is 0.272. The third kappa shape index (κ3) is 4.55. The highest BCUT2D eigenvalue weighted by Gasteiger charge is 2.19. The van der Waals surface area contributed by atoms with Gasteiger partial charge in [-0.1, -0.05) is 50.2 Å². The average Bonchev–Trinajstić information content (AvgIpc) is 2.43. The van der Waals surface area contributed by atoms with Gasteiger partial charge in [0.1, 0.15) is 0 Å². The zero-order valence-electron chi connectivity index (χ0n) is 14.0. The predicted octanol–water partition coefficient (Wildman–Crippen LogP) is 4.08. The van der Waals surface area contributed by atoms with Crippen LogP contribution >= 0.6 is 0 Å². The van der Waals surface area contributed by atoms with Crippen molar-refractivity contribution in [2.75, 3.05) is 27.2 Å². The summed E-state index contributed by atoms with van der Waals surface area (Å²) in [6.07, 6.45) is 0. The van der Waals surface area contributed by atoms with E-state index < -0.39 is 0 Å². The van der Waals surface area contributed by atoms with Crippen molar-refractivity contribution in [1.82, 2.24) is 10.2 Å². The summed E-state index contributed by atoms with van der Waals surface area (Å²) < 4.78 is 0. The van der Waals surface area contributed by atoms with E-state index in [1.807, 2.05) is 0 Å². The number of fused-ring (bicyclic) bond motifs is 1. The second-order valence-corrected chi connectivity index (χ2v) is 7.11. The molecule has 0 saturated carbocycles. The molecule has 1 atom stereocenters. The molecule has 0 aromatic heterocycles. The fraction of sp³-hybridized carbons (Fsp3) is 0.474. The molecule has 21 heavy (non-hydrogen) atoms. The molecular formula is C19H28N2. The van der Waals surface area contributed by atoms with Crippen molar-refractivity contribution in [3.8, 4) is 0 Å². The summed E-state index contributed by atoms with van der Waals surface area (Å²) in [5, 5.41) is 6.31. The summed E-state index contributed by atoms with van der Waals surface area (Å²) in [6.45, 7) is 8.97. The van der Waals surface area contributed by atoms with Gasteiger partial charge in [-0.2, -0.15) is 0 Å². The third-order valence-electron chi connectivity index (χ3n) is 3.90. The normalized spacial score (nSPS) is 13.8. The molecule has 0 fully saturated rings. The summed E-state index contributed by atoms with van der Waals surface area (Å²) in [4.78, 5) is 2.25. The van der Waals surface area contributed by atoms with Crippen LogP contribution in [0.2, 0.25) is 0 Å². The largest absolute Gasteiger partial charge is 0.310 e. The molecule has 0 bridgehead atoms. The third-order valence-corrected chi connectivity index (χ3v) is 3.90. The number of hydrogen-bond donors (Lipinski definition) is 1. The second kappa shape index (κ2) is 6.59. The lowest BCUT2D eigenvalue weighted by Gasteiger charge is -2.30. The number of nitrogens with zero attached hydrogens (tertiary/aromatic N) is 1. The highest BCUT2D eigenvalue weighted by molar-refractivity contribution is 5.83.